The van der Waals surface area contributed by atoms with Crippen LogP contribution < -0.4 is 4.90 Å². The van der Waals surface area contributed by atoms with E-state index in [9.17, 15) is 9.50 Å². The first-order valence-corrected chi connectivity index (χ1v) is 7.99. The second-order valence-corrected chi connectivity index (χ2v) is 6.36. The summed E-state index contributed by atoms with van der Waals surface area (Å²) in [7, 11) is 0. The third kappa shape index (κ3) is 3.57. The van der Waals surface area contributed by atoms with Gasteiger partial charge in [0.2, 0.25) is 0 Å². The number of nitrogens with zero attached hydrogens (tertiary/aromatic N) is 1. The van der Waals surface area contributed by atoms with Crippen molar-refractivity contribution in [1.29, 1.82) is 0 Å². The minimum absolute atomic E-state index is 0.168. The molecular formula is C17H18FNOS. The van der Waals surface area contributed by atoms with E-state index in [4.69, 9.17) is 0 Å². The molecule has 0 amide bonds. The summed E-state index contributed by atoms with van der Waals surface area (Å²) in [6.07, 6.45) is 1.46. The van der Waals surface area contributed by atoms with E-state index in [1.54, 1.807) is 23.9 Å². The number of benzene rings is 2. The van der Waals surface area contributed by atoms with Gasteiger partial charge < -0.3 is 10.0 Å². The quantitative estimate of drug-likeness (QED) is 0.929. The lowest BCUT2D eigenvalue weighted by Crippen LogP contribution is -2.36. The Bertz CT molecular complexity index is 594. The van der Waals surface area contributed by atoms with Crippen molar-refractivity contribution in [2.75, 3.05) is 18.0 Å². The van der Waals surface area contributed by atoms with Crippen LogP contribution >= 0.6 is 11.8 Å². The summed E-state index contributed by atoms with van der Waals surface area (Å²) in [6, 6.07) is 14.8. The van der Waals surface area contributed by atoms with Crippen molar-refractivity contribution in [3.05, 3.63) is 54.3 Å². The van der Waals surface area contributed by atoms with Crippen LogP contribution in [-0.2, 0) is 0 Å². The van der Waals surface area contributed by atoms with Gasteiger partial charge in [-0.25, -0.2) is 4.39 Å². The van der Waals surface area contributed by atoms with Crippen molar-refractivity contribution in [3.8, 4) is 0 Å². The van der Waals surface area contributed by atoms with Crippen LogP contribution in [0.4, 0.5) is 10.1 Å². The summed E-state index contributed by atoms with van der Waals surface area (Å²) in [5.74, 6) is -0.211. The maximum absolute atomic E-state index is 13.0. The number of aliphatic hydroxyl groups excluding tert-OH is 1. The molecule has 110 valence electrons. The monoisotopic (exact) mass is 303 g/mol. The fourth-order valence-corrected chi connectivity index (χ4v) is 3.52. The molecule has 2 aromatic carbocycles. The number of rotatable bonds is 3. The van der Waals surface area contributed by atoms with E-state index >= 15 is 0 Å². The van der Waals surface area contributed by atoms with E-state index in [-0.39, 0.29) is 11.9 Å². The van der Waals surface area contributed by atoms with Gasteiger partial charge in [0.1, 0.15) is 5.82 Å². The molecule has 0 radical (unpaired) electrons. The maximum atomic E-state index is 13.0. The molecule has 1 fully saturated rings. The van der Waals surface area contributed by atoms with Gasteiger partial charge in [-0.15, -0.1) is 0 Å². The second kappa shape index (κ2) is 6.50. The Morgan fingerprint density at radius 3 is 2.38 bits per heavy atom. The van der Waals surface area contributed by atoms with E-state index in [1.165, 1.54) is 22.7 Å². The van der Waals surface area contributed by atoms with Crippen molar-refractivity contribution in [2.45, 2.75) is 28.7 Å². The molecule has 0 spiro atoms. The van der Waals surface area contributed by atoms with E-state index in [0.717, 1.165) is 30.8 Å². The van der Waals surface area contributed by atoms with Crippen LogP contribution in [0, 0.1) is 5.82 Å². The van der Waals surface area contributed by atoms with Crippen LogP contribution in [-0.4, -0.2) is 24.3 Å². The Labute approximate surface area is 128 Å². The first kappa shape index (κ1) is 14.4. The molecule has 1 aliphatic heterocycles. The lowest BCUT2D eigenvalue weighted by atomic mass is 10.1. The second-order valence-electron chi connectivity index (χ2n) is 5.24. The first-order chi connectivity index (χ1) is 10.2. The van der Waals surface area contributed by atoms with Gasteiger partial charge in [0, 0.05) is 22.9 Å². The van der Waals surface area contributed by atoms with Crippen LogP contribution in [0.15, 0.2) is 58.3 Å². The van der Waals surface area contributed by atoms with Crippen molar-refractivity contribution in [1.82, 2.24) is 0 Å². The van der Waals surface area contributed by atoms with E-state index in [1.807, 2.05) is 12.1 Å². The fraction of sp³-hybridized carbons (Fsp3) is 0.294. The average Bonchev–Trinajstić information content (AvgIpc) is 2.51. The zero-order valence-corrected chi connectivity index (χ0v) is 12.5. The molecule has 4 heteroatoms. The number of aliphatic hydroxyl groups is 1. The largest absolute Gasteiger partial charge is 0.393 e. The molecule has 0 aromatic heterocycles. The van der Waals surface area contributed by atoms with Crippen LogP contribution in [0.3, 0.4) is 0 Å². The van der Waals surface area contributed by atoms with Crippen molar-refractivity contribution in [3.63, 3.8) is 0 Å². The zero-order chi connectivity index (χ0) is 14.7. The van der Waals surface area contributed by atoms with Gasteiger partial charge in [-0.1, -0.05) is 23.9 Å². The minimum atomic E-state index is -0.211. The number of hydrogen-bond acceptors (Lipinski definition) is 3. The Morgan fingerprint density at radius 1 is 1.00 bits per heavy atom. The predicted molar refractivity (Wildman–Crippen MR) is 84.4 cm³/mol. The van der Waals surface area contributed by atoms with Gasteiger partial charge in [0.25, 0.3) is 0 Å². The molecule has 0 unspecified atom stereocenters. The summed E-state index contributed by atoms with van der Waals surface area (Å²) in [6.45, 7) is 1.75. The molecule has 1 N–H and O–H groups in total. The number of anilines is 1. The molecule has 2 aromatic rings. The van der Waals surface area contributed by atoms with E-state index in [2.05, 4.69) is 17.0 Å². The van der Waals surface area contributed by atoms with Gasteiger partial charge >= 0.3 is 0 Å². The molecule has 3 rings (SSSR count). The fourth-order valence-electron chi connectivity index (χ4n) is 2.54. The highest BCUT2D eigenvalue weighted by molar-refractivity contribution is 7.99. The molecule has 1 heterocycles. The molecule has 1 saturated heterocycles. The molecule has 0 bridgehead atoms. The zero-order valence-electron chi connectivity index (χ0n) is 11.7. The van der Waals surface area contributed by atoms with Gasteiger partial charge in [0.05, 0.1) is 11.8 Å². The average molecular weight is 303 g/mol. The molecule has 1 aliphatic rings. The molecule has 21 heavy (non-hydrogen) atoms. The topological polar surface area (TPSA) is 23.5 Å². The summed E-state index contributed by atoms with van der Waals surface area (Å²) in [4.78, 5) is 4.51. The van der Waals surface area contributed by atoms with Gasteiger partial charge in [-0.3, -0.25) is 0 Å². The Morgan fingerprint density at radius 2 is 1.67 bits per heavy atom. The highest BCUT2D eigenvalue weighted by Gasteiger charge is 2.19. The van der Waals surface area contributed by atoms with Crippen LogP contribution in [0.25, 0.3) is 0 Å². The molecule has 2 nitrogen and oxygen atoms in total. The van der Waals surface area contributed by atoms with Crippen LogP contribution in [0.2, 0.25) is 0 Å². The van der Waals surface area contributed by atoms with Crippen LogP contribution in [0.1, 0.15) is 12.8 Å². The van der Waals surface area contributed by atoms with Crippen molar-refractivity contribution < 1.29 is 9.50 Å². The molecule has 0 aliphatic carbocycles. The summed E-state index contributed by atoms with van der Waals surface area (Å²) in [5, 5.41) is 9.64. The van der Waals surface area contributed by atoms with Gasteiger partial charge in [-0.2, -0.15) is 0 Å². The number of piperidine rings is 1. The standard InChI is InChI=1S/C17H18FNOS/c18-13-5-7-15(8-6-13)21-17-4-2-1-3-16(17)19-11-9-14(20)10-12-19/h1-8,14,20H,9-12H2. The summed E-state index contributed by atoms with van der Waals surface area (Å²) >= 11 is 1.65. The molecule has 0 saturated carbocycles. The van der Waals surface area contributed by atoms with Crippen LogP contribution in [0.5, 0.6) is 0 Å². The third-order valence-electron chi connectivity index (χ3n) is 3.71. The number of para-hydroxylation sites is 1. The third-order valence-corrected chi connectivity index (χ3v) is 4.78. The van der Waals surface area contributed by atoms with Gasteiger partial charge in [-0.05, 0) is 49.2 Å². The maximum Gasteiger partial charge on any atom is 0.123 e. The smallest absolute Gasteiger partial charge is 0.123 e. The number of halogens is 1. The first-order valence-electron chi connectivity index (χ1n) is 7.18. The lowest BCUT2D eigenvalue weighted by Gasteiger charge is -2.32. The lowest BCUT2D eigenvalue weighted by molar-refractivity contribution is 0.145. The normalized spacial score (nSPS) is 16.2. The van der Waals surface area contributed by atoms with Crippen molar-refractivity contribution in [2.24, 2.45) is 0 Å². The number of hydrogen-bond donors (Lipinski definition) is 1. The molecule has 0 atom stereocenters. The minimum Gasteiger partial charge on any atom is -0.393 e. The summed E-state index contributed by atoms with van der Waals surface area (Å²) in [5.41, 5.74) is 1.19. The highest BCUT2D eigenvalue weighted by Crippen LogP contribution is 2.36. The SMILES string of the molecule is OC1CCN(c2ccccc2Sc2ccc(F)cc2)CC1. The Kier molecular flexibility index (Phi) is 4.46. The van der Waals surface area contributed by atoms with E-state index < -0.39 is 0 Å². The highest BCUT2D eigenvalue weighted by atomic mass is 32.2. The van der Waals surface area contributed by atoms with Crippen molar-refractivity contribution >= 4 is 17.4 Å². The van der Waals surface area contributed by atoms with Gasteiger partial charge in [0.15, 0.2) is 0 Å². The Balaban J connectivity index is 1.80. The Hall–Kier alpha value is -1.52. The van der Waals surface area contributed by atoms with E-state index in [0.29, 0.717) is 0 Å². The summed E-state index contributed by atoms with van der Waals surface area (Å²) < 4.78 is 13.0. The predicted octanol–water partition coefficient (Wildman–Crippen LogP) is 3.94. The molecular weight excluding hydrogens is 285 g/mol.